The Labute approximate surface area is 219 Å². The summed E-state index contributed by atoms with van der Waals surface area (Å²) in [6.45, 7) is 1.79. The third kappa shape index (κ3) is 5.47. The molecular formula is C27H28ClFN4O4. The first-order valence-electron chi connectivity index (χ1n) is 12.3. The molecule has 0 saturated carbocycles. The van der Waals surface area contributed by atoms with Crippen LogP contribution in [0.4, 0.5) is 10.2 Å². The van der Waals surface area contributed by atoms with Gasteiger partial charge in [0, 0.05) is 37.4 Å². The van der Waals surface area contributed by atoms with Crippen LogP contribution in [0.5, 0.6) is 5.75 Å². The average Bonchev–Trinajstić information content (AvgIpc) is 3.24. The van der Waals surface area contributed by atoms with Gasteiger partial charge in [-0.05, 0) is 48.6 Å². The second-order valence-electron chi connectivity index (χ2n) is 9.31. The average molecular weight is 527 g/mol. The molecule has 0 spiro atoms. The van der Waals surface area contributed by atoms with E-state index in [1.807, 2.05) is 0 Å². The van der Waals surface area contributed by atoms with E-state index in [4.69, 9.17) is 21.1 Å². The molecule has 37 heavy (non-hydrogen) atoms. The Balaban J connectivity index is 1.44. The predicted molar refractivity (Wildman–Crippen MR) is 137 cm³/mol. The normalized spacial score (nSPS) is 14.9. The lowest BCUT2D eigenvalue weighted by atomic mass is 10.0. The van der Waals surface area contributed by atoms with Crippen LogP contribution in [0, 0.1) is 11.7 Å². The van der Waals surface area contributed by atoms with Gasteiger partial charge in [-0.25, -0.2) is 4.39 Å². The Kier molecular flexibility index (Phi) is 7.43. The number of hydrogen-bond donors (Lipinski definition) is 1. The van der Waals surface area contributed by atoms with E-state index < -0.39 is 11.7 Å². The van der Waals surface area contributed by atoms with Crippen LogP contribution < -0.4 is 15.0 Å². The maximum atomic E-state index is 14.4. The molecule has 0 bridgehead atoms. The quantitative estimate of drug-likeness (QED) is 0.505. The third-order valence-electron chi connectivity index (χ3n) is 6.78. The topological polar surface area (TPSA) is 85.7 Å². The molecular weight excluding hydrogens is 499 g/mol. The number of anilines is 1. The van der Waals surface area contributed by atoms with Crippen LogP contribution >= 0.6 is 11.6 Å². The fourth-order valence-corrected chi connectivity index (χ4v) is 4.96. The Morgan fingerprint density at radius 2 is 2.00 bits per heavy atom. The summed E-state index contributed by atoms with van der Waals surface area (Å²) in [5.41, 5.74) is 2.42. The molecule has 8 nitrogen and oxygen atoms in total. The van der Waals surface area contributed by atoms with Crippen molar-refractivity contribution in [2.75, 3.05) is 31.2 Å². The number of aryl methyl sites for hydroxylation is 1. The molecule has 0 aliphatic carbocycles. The highest BCUT2D eigenvalue weighted by molar-refractivity contribution is 6.31. The van der Waals surface area contributed by atoms with Crippen LogP contribution in [0.15, 0.2) is 42.5 Å². The highest BCUT2D eigenvalue weighted by Gasteiger charge is 2.32. The van der Waals surface area contributed by atoms with Crippen molar-refractivity contribution in [2.24, 2.45) is 13.0 Å². The molecule has 1 N–H and O–H groups in total. The highest BCUT2D eigenvalue weighted by Crippen LogP contribution is 2.42. The molecule has 194 valence electrons. The molecule has 1 fully saturated rings. The van der Waals surface area contributed by atoms with Gasteiger partial charge in [-0.15, -0.1) is 0 Å². The predicted octanol–water partition coefficient (Wildman–Crippen LogP) is 3.89. The summed E-state index contributed by atoms with van der Waals surface area (Å²) < 4.78 is 27.4. The zero-order valence-corrected chi connectivity index (χ0v) is 21.3. The molecule has 2 aliphatic heterocycles. The van der Waals surface area contributed by atoms with E-state index in [9.17, 15) is 14.0 Å². The van der Waals surface area contributed by atoms with Gasteiger partial charge in [0.2, 0.25) is 11.8 Å². The molecule has 3 aromatic rings. The molecule has 5 rings (SSSR count). The van der Waals surface area contributed by atoms with Crippen molar-refractivity contribution in [3.8, 4) is 17.0 Å². The number of fused-ring (bicyclic) bond motifs is 3. The van der Waals surface area contributed by atoms with Gasteiger partial charge in [0.25, 0.3) is 0 Å². The summed E-state index contributed by atoms with van der Waals surface area (Å²) in [5, 5.41) is 8.10. The smallest absolute Gasteiger partial charge is 0.240 e. The van der Waals surface area contributed by atoms with E-state index in [1.54, 1.807) is 48.1 Å². The SMILES string of the molecule is Cn1nc(N(CC(=O)NCC2CCOCC2)C(=O)Cc2ccccc2F)c2c1-c1cc(Cl)ccc1OC2. The van der Waals surface area contributed by atoms with Crippen LogP contribution in [-0.4, -0.2) is 47.9 Å². The van der Waals surface area contributed by atoms with Gasteiger partial charge in [0.05, 0.1) is 17.7 Å². The third-order valence-corrected chi connectivity index (χ3v) is 7.01. The number of hydrogen-bond acceptors (Lipinski definition) is 5. The summed E-state index contributed by atoms with van der Waals surface area (Å²) in [5.74, 6) is 0.0693. The largest absolute Gasteiger partial charge is 0.488 e. The zero-order valence-electron chi connectivity index (χ0n) is 20.5. The second kappa shape index (κ2) is 10.9. The Bertz CT molecular complexity index is 1320. The van der Waals surface area contributed by atoms with Crippen LogP contribution in [-0.2, 0) is 34.4 Å². The fourth-order valence-electron chi connectivity index (χ4n) is 4.79. The zero-order chi connectivity index (χ0) is 25.9. The van der Waals surface area contributed by atoms with Gasteiger partial charge in [-0.3, -0.25) is 19.2 Å². The Hall–Kier alpha value is -3.43. The first-order valence-corrected chi connectivity index (χ1v) is 12.7. The number of nitrogens with one attached hydrogen (secondary N) is 1. The molecule has 3 heterocycles. The number of rotatable bonds is 7. The number of amides is 2. The van der Waals surface area contributed by atoms with Crippen molar-refractivity contribution < 1.29 is 23.5 Å². The molecule has 2 amide bonds. The second-order valence-corrected chi connectivity index (χ2v) is 9.75. The monoisotopic (exact) mass is 526 g/mol. The van der Waals surface area contributed by atoms with Crippen molar-refractivity contribution in [3.05, 3.63) is 64.4 Å². The van der Waals surface area contributed by atoms with Gasteiger partial charge >= 0.3 is 0 Å². The van der Waals surface area contributed by atoms with E-state index in [1.165, 1.54) is 11.0 Å². The van der Waals surface area contributed by atoms with Crippen molar-refractivity contribution >= 4 is 29.2 Å². The van der Waals surface area contributed by atoms with E-state index >= 15 is 0 Å². The number of nitrogens with zero attached hydrogens (tertiary/aromatic N) is 3. The van der Waals surface area contributed by atoms with E-state index in [-0.39, 0.29) is 31.0 Å². The van der Waals surface area contributed by atoms with Crippen LogP contribution in [0.2, 0.25) is 5.02 Å². The molecule has 0 atom stereocenters. The minimum absolute atomic E-state index is 0.167. The van der Waals surface area contributed by atoms with Crippen molar-refractivity contribution in [1.82, 2.24) is 15.1 Å². The number of aromatic nitrogens is 2. The Morgan fingerprint density at radius 3 is 2.78 bits per heavy atom. The Morgan fingerprint density at radius 1 is 1.22 bits per heavy atom. The first-order chi connectivity index (χ1) is 17.9. The minimum atomic E-state index is -0.477. The van der Waals surface area contributed by atoms with E-state index in [0.717, 1.165) is 24.1 Å². The number of carbonyl (C=O) groups is 2. The molecule has 1 aromatic heterocycles. The summed E-state index contributed by atoms with van der Waals surface area (Å²) in [7, 11) is 1.77. The molecule has 2 aromatic carbocycles. The van der Waals surface area contributed by atoms with Gasteiger partial charge in [0.1, 0.15) is 24.7 Å². The van der Waals surface area contributed by atoms with Gasteiger partial charge < -0.3 is 14.8 Å². The molecule has 0 radical (unpaired) electrons. The van der Waals surface area contributed by atoms with E-state index in [0.29, 0.717) is 47.8 Å². The summed E-state index contributed by atoms with van der Waals surface area (Å²) >= 11 is 6.24. The van der Waals surface area contributed by atoms with Crippen molar-refractivity contribution in [3.63, 3.8) is 0 Å². The highest BCUT2D eigenvalue weighted by atomic mass is 35.5. The lowest BCUT2D eigenvalue weighted by Crippen LogP contribution is -2.44. The van der Waals surface area contributed by atoms with Gasteiger partial charge in [-0.2, -0.15) is 5.10 Å². The van der Waals surface area contributed by atoms with Crippen LogP contribution in [0.1, 0.15) is 24.0 Å². The van der Waals surface area contributed by atoms with E-state index in [2.05, 4.69) is 10.4 Å². The number of benzene rings is 2. The standard InChI is InChI=1S/C27H28ClFN4O4/c1-32-26-20-13-19(28)6-7-23(20)37-16-21(26)27(31-32)33(25(35)12-18-4-2-3-5-22(18)29)15-24(34)30-14-17-8-10-36-11-9-17/h2-7,13,17H,8-12,14-16H2,1H3,(H,30,34). The number of carbonyl (C=O) groups excluding carboxylic acids is 2. The molecule has 10 heteroatoms. The maximum absolute atomic E-state index is 14.4. The van der Waals surface area contributed by atoms with Gasteiger partial charge in [-0.1, -0.05) is 29.8 Å². The fraction of sp³-hybridized carbons (Fsp3) is 0.370. The maximum Gasteiger partial charge on any atom is 0.240 e. The number of halogens is 2. The van der Waals surface area contributed by atoms with Gasteiger partial charge in [0.15, 0.2) is 5.82 Å². The number of ether oxygens (including phenoxy) is 2. The van der Waals surface area contributed by atoms with Crippen molar-refractivity contribution in [2.45, 2.75) is 25.9 Å². The summed E-state index contributed by atoms with van der Waals surface area (Å²) in [6, 6.07) is 11.4. The van der Waals surface area contributed by atoms with Crippen LogP contribution in [0.3, 0.4) is 0 Å². The minimum Gasteiger partial charge on any atom is -0.488 e. The summed E-state index contributed by atoms with van der Waals surface area (Å²) in [4.78, 5) is 27.9. The molecule has 2 aliphatic rings. The van der Waals surface area contributed by atoms with Crippen molar-refractivity contribution in [1.29, 1.82) is 0 Å². The lowest BCUT2D eigenvalue weighted by molar-refractivity contribution is -0.123. The molecule has 1 saturated heterocycles. The summed E-state index contributed by atoms with van der Waals surface area (Å²) in [6.07, 6.45) is 1.54. The molecule has 0 unspecified atom stereocenters. The lowest BCUT2D eigenvalue weighted by Gasteiger charge is -2.25. The van der Waals surface area contributed by atoms with Crippen LogP contribution in [0.25, 0.3) is 11.3 Å². The first kappa shape index (κ1) is 25.2.